The molecule has 0 aliphatic carbocycles. The third kappa shape index (κ3) is 2.27. The molecule has 0 atom stereocenters. The number of rotatable bonds is 2. The number of benzene rings is 4. The first-order valence-corrected chi connectivity index (χ1v) is 11.3. The van der Waals surface area contributed by atoms with Gasteiger partial charge in [0.2, 0.25) is 0 Å². The van der Waals surface area contributed by atoms with Crippen molar-refractivity contribution >= 4 is 53.6 Å². The van der Waals surface area contributed by atoms with Crippen molar-refractivity contribution in [1.82, 2.24) is 9.13 Å². The third-order valence-electron chi connectivity index (χ3n) is 6.12. The Morgan fingerprint density at radius 2 is 1.00 bits per heavy atom. The maximum Gasteiger partial charge on any atom is 0.111 e. The van der Waals surface area contributed by atoms with Gasteiger partial charge in [-0.25, -0.2) is 0 Å². The van der Waals surface area contributed by atoms with Crippen molar-refractivity contribution in [3.05, 3.63) is 109 Å². The zero-order chi connectivity index (χ0) is 20.4. The molecule has 0 fully saturated rings. The van der Waals surface area contributed by atoms with E-state index in [-0.39, 0.29) is 0 Å². The molecule has 0 unspecified atom stereocenters. The van der Waals surface area contributed by atoms with E-state index in [4.69, 9.17) is 0 Å². The van der Waals surface area contributed by atoms with Crippen molar-refractivity contribution in [2.24, 2.45) is 0 Å². The fraction of sp³-hybridized carbons (Fsp3) is 0. The minimum absolute atomic E-state index is 1.20. The van der Waals surface area contributed by atoms with E-state index in [9.17, 15) is 0 Å². The van der Waals surface area contributed by atoms with Gasteiger partial charge in [-0.2, -0.15) is 0 Å². The van der Waals surface area contributed by atoms with Gasteiger partial charge in [-0.1, -0.05) is 72.8 Å². The first-order chi connectivity index (χ1) is 15.4. The third-order valence-corrected chi connectivity index (χ3v) is 7.32. The summed E-state index contributed by atoms with van der Waals surface area (Å²) in [5.74, 6) is 0. The Morgan fingerprint density at radius 3 is 1.68 bits per heavy atom. The Bertz CT molecular complexity index is 1720. The van der Waals surface area contributed by atoms with E-state index in [1.54, 1.807) is 0 Å². The lowest BCUT2D eigenvalue weighted by Gasteiger charge is -2.07. The van der Waals surface area contributed by atoms with Crippen LogP contribution in [0.3, 0.4) is 0 Å². The van der Waals surface area contributed by atoms with E-state index in [1.807, 2.05) is 11.3 Å². The predicted octanol–water partition coefficient (Wildman–Crippen LogP) is 7.94. The van der Waals surface area contributed by atoms with Crippen LogP contribution in [0.4, 0.5) is 0 Å². The standard InChI is InChI=1S/C28H18N2S/c1-3-11-19(12-4-1)29-24-18-10-8-16-22(24)27-26(29)25-21-15-7-9-17-23(21)30(28(25)31-27)20-13-5-2-6-14-20/h1-18H. The Balaban J connectivity index is 1.76. The number of hydrogen-bond acceptors (Lipinski definition) is 1. The molecule has 31 heavy (non-hydrogen) atoms. The van der Waals surface area contributed by atoms with E-state index >= 15 is 0 Å². The summed E-state index contributed by atoms with van der Waals surface area (Å²) in [7, 11) is 0. The van der Waals surface area contributed by atoms with Crippen LogP contribution < -0.4 is 0 Å². The lowest BCUT2D eigenvalue weighted by atomic mass is 10.2. The predicted molar refractivity (Wildman–Crippen MR) is 133 cm³/mol. The second kappa shape index (κ2) is 6.34. The quantitative estimate of drug-likeness (QED) is 0.272. The summed E-state index contributed by atoms with van der Waals surface area (Å²) in [6, 6.07) is 38.9. The molecule has 0 spiro atoms. The summed E-state index contributed by atoms with van der Waals surface area (Å²) < 4.78 is 6.20. The lowest BCUT2D eigenvalue weighted by Crippen LogP contribution is -1.92. The zero-order valence-electron chi connectivity index (χ0n) is 16.7. The minimum atomic E-state index is 1.20. The Hall–Kier alpha value is -3.82. The van der Waals surface area contributed by atoms with Gasteiger partial charge in [0.05, 0.1) is 21.3 Å². The van der Waals surface area contributed by atoms with Gasteiger partial charge in [-0.3, -0.25) is 0 Å². The molecular formula is C28H18N2S. The van der Waals surface area contributed by atoms with Gasteiger partial charge in [0.1, 0.15) is 4.83 Å². The largest absolute Gasteiger partial charge is 0.308 e. The van der Waals surface area contributed by atoms with Crippen LogP contribution in [0.5, 0.6) is 0 Å². The molecule has 0 saturated carbocycles. The Kier molecular flexibility index (Phi) is 3.46. The topological polar surface area (TPSA) is 9.86 Å². The van der Waals surface area contributed by atoms with Crippen LogP contribution in [0.25, 0.3) is 53.6 Å². The molecule has 0 aliphatic heterocycles. The van der Waals surface area contributed by atoms with E-state index < -0.39 is 0 Å². The van der Waals surface area contributed by atoms with Crippen LogP contribution in [0.15, 0.2) is 109 Å². The fourth-order valence-electron chi connectivity index (χ4n) is 4.86. The molecule has 3 aromatic heterocycles. The molecule has 0 amide bonds. The number of thiophene rings is 1. The molecule has 146 valence electrons. The Morgan fingerprint density at radius 1 is 0.484 bits per heavy atom. The van der Waals surface area contributed by atoms with Crippen molar-refractivity contribution in [3.63, 3.8) is 0 Å². The van der Waals surface area contributed by atoms with Gasteiger partial charge in [-0.15, -0.1) is 11.3 Å². The molecule has 3 heterocycles. The first-order valence-electron chi connectivity index (χ1n) is 10.5. The van der Waals surface area contributed by atoms with Crippen LogP contribution in [0.2, 0.25) is 0 Å². The molecule has 0 bridgehead atoms. The average Bonchev–Trinajstić information content (AvgIpc) is 3.46. The summed E-state index contributed by atoms with van der Waals surface area (Å²) in [5, 5.41) is 3.94. The van der Waals surface area contributed by atoms with Gasteiger partial charge in [0.15, 0.2) is 0 Å². The van der Waals surface area contributed by atoms with Crippen molar-refractivity contribution in [1.29, 1.82) is 0 Å². The molecule has 0 N–H and O–H groups in total. The van der Waals surface area contributed by atoms with Crippen molar-refractivity contribution in [2.45, 2.75) is 0 Å². The number of para-hydroxylation sites is 4. The summed E-state index contributed by atoms with van der Waals surface area (Å²) in [6.45, 7) is 0. The highest BCUT2D eigenvalue weighted by Gasteiger charge is 2.23. The summed E-state index contributed by atoms with van der Waals surface area (Å²) in [4.78, 5) is 1.30. The van der Waals surface area contributed by atoms with E-state index in [0.29, 0.717) is 0 Å². The summed E-state index contributed by atoms with van der Waals surface area (Å²) >= 11 is 1.90. The molecule has 0 saturated heterocycles. The van der Waals surface area contributed by atoms with Gasteiger partial charge in [0.25, 0.3) is 0 Å². The van der Waals surface area contributed by atoms with E-state index in [1.165, 1.54) is 53.6 Å². The van der Waals surface area contributed by atoms with Crippen LogP contribution in [0, 0.1) is 0 Å². The van der Waals surface area contributed by atoms with Gasteiger partial charge in [-0.05, 0) is 36.4 Å². The lowest BCUT2D eigenvalue weighted by molar-refractivity contribution is 1.18. The van der Waals surface area contributed by atoms with Crippen molar-refractivity contribution in [3.8, 4) is 11.4 Å². The highest BCUT2D eigenvalue weighted by Crippen LogP contribution is 2.46. The van der Waals surface area contributed by atoms with Crippen LogP contribution >= 0.6 is 11.3 Å². The maximum atomic E-state index is 2.44. The fourth-order valence-corrected chi connectivity index (χ4v) is 6.23. The number of fused-ring (bicyclic) bond motifs is 7. The van der Waals surface area contributed by atoms with Gasteiger partial charge < -0.3 is 9.13 Å². The van der Waals surface area contributed by atoms with Crippen LogP contribution in [-0.2, 0) is 0 Å². The normalized spacial score (nSPS) is 11.9. The zero-order valence-corrected chi connectivity index (χ0v) is 17.5. The number of nitrogens with zero attached hydrogens (tertiary/aromatic N) is 2. The van der Waals surface area contributed by atoms with Gasteiger partial charge >= 0.3 is 0 Å². The minimum Gasteiger partial charge on any atom is -0.308 e. The van der Waals surface area contributed by atoms with Crippen molar-refractivity contribution < 1.29 is 0 Å². The van der Waals surface area contributed by atoms with Crippen LogP contribution in [-0.4, -0.2) is 9.13 Å². The maximum absolute atomic E-state index is 2.44. The highest BCUT2D eigenvalue weighted by molar-refractivity contribution is 7.26. The molecule has 0 radical (unpaired) electrons. The monoisotopic (exact) mass is 414 g/mol. The molecule has 0 aliphatic rings. The second-order valence-corrected chi connectivity index (χ2v) is 8.84. The SMILES string of the molecule is c1ccc(-n2c3ccccc3c3c2sc2c4ccccc4n(-c4ccccc4)c23)cc1. The molecule has 4 aromatic carbocycles. The summed E-state index contributed by atoms with van der Waals surface area (Å²) in [6.07, 6.45) is 0. The smallest absolute Gasteiger partial charge is 0.111 e. The molecule has 2 nitrogen and oxygen atoms in total. The second-order valence-electron chi connectivity index (χ2n) is 7.84. The first kappa shape index (κ1) is 16.9. The highest BCUT2D eigenvalue weighted by atomic mass is 32.1. The van der Waals surface area contributed by atoms with E-state index in [0.717, 1.165) is 0 Å². The van der Waals surface area contributed by atoms with E-state index in [2.05, 4.69) is 118 Å². The molecule has 3 heteroatoms. The summed E-state index contributed by atoms with van der Waals surface area (Å²) in [5.41, 5.74) is 6.21. The Labute approximate surface area is 183 Å². The average molecular weight is 415 g/mol. The molecule has 7 rings (SSSR count). The number of hydrogen-bond donors (Lipinski definition) is 0. The van der Waals surface area contributed by atoms with Crippen molar-refractivity contribution in [2.75, 3.05) is 0 Å². The molecule has 7 aromatic rings. The molecular weight excluding hydrogens is 396 g/mol. The van der Waals surface area contributed by atoms with Crippen LogP contribution in [0.1, 0.15) is 0 Å². The number of aromatic nitrogens is 2. The van der Waals surface area contributed by atoms with Gasteiger partial charge in [0, 0.05) is 27.5 Å².